The number of nitrogens with one attached hydrogen (secondary N) is 1. The van der Waals surface area contributed by atoms with Gasteiger partial charge in [-0.05, 0) is 24.6 Å². The summed E-state index contributed by atoms with van der Waals surface area (Å²) < 4.78 is 15.8. The fourth-order valence-electron chi connectivity index (χ4n) is 3.05. The van der Waals surface area contributed by atoms with Crippen molar-refractivity contribution in [1.29, 1.82) is 0 Å². The molecule has 6 heteroatoms. The summed E-state index contributed by atoms with van der Waals surface area (Å²) in [5.74, 6) is 0.333. The first kappa shape index (κ1) is 15.8. The van der Waals surface area contributed by atoms with Gasteiger partial charge in [0.15, 0.2) is 11.3 Å². The monoisotopic (exact) mass is 318 g/mol. The van der Waals surface area contributed by atoms with Crippen LogP contribution < -0.4 is 10.1 Å². The molecule has 6 nitrogen and oxygen atoms in total. The minimum absolute atomic E-state index is 0.196. The fraction of sp³-hybridized carbons (Fsp3) is 0.471. The van der Waals surface area contributed by atoms with E-state index in [1.165, 1.54) is 7.11 Å². The molecule has 0 amide bonds. The number of carbonyl (C=O) groups is 1. The molecule has 1 aromatic carbocycles. The Kier molecular flexibility index (Phi) is 4.54. The van der Waals surface area contributed by atoms with Crippen LogP contribution in [-0.2, 0) is 11.3 Å². The molecule has 124 valence electrons. The average Bonchev–Trinajstić information content (AvgIpc) is 3.00. The smallest absolute Gasteiger partial charge is 0.373 e. The number of ether oxygens (including phenoxy) is 2. The summed E-state index contributed by atoms with van der Waals surface area (Å²) in [5.41, 5.74) is 1.71. The van der Waals surface area contributed by atoms with E-state index in [-0.39, 0.29) is 5.76 Å². The molecule has 0 bridgehead atoms. The van der Waals surface area contributed by atoms with Crippen molar-refractivity contribution < 1.29 is 18.7 Å². The molecule has 0 aliphatic carbocycles. The minimum Gasteiger partial charge on any atom is -0.493 e. The number of rotatable bonds is 4. The third-order valence-electron chi connectivity index (χ3n) is 4.19. The lowest BCUT2D eigenvalue weighted by atomic mass is 10.1. The summed E-state index contributed by atoms with van der Waals surface area (Å²) in [5, 5.41) is 4.34. The maximum absolute atomic E-state index is 11.8. The van der Waals surface area contributed by atoms with Crippen molar-refractivity contribution in [2.24, 2.45) is 0 Å². The lowest BCUT2D eigenvalue weighted by Crippen LogP contribution is -2.48. The maximum Gasteiger partial charge on any atom is 0.373 e. The number of carbonyl (C=O) groups excluding carboxylic acids is 1. The molecule has 0 spiro atoms. The Labute approximate surface area is 135 Å². The number of esters is 1. The topological polar surface area (TPSA) is 63.9 Å². The molecule has 1 fully saturated rings. The highest BCUT2D eigenvalue weighted by Gasteiger charge is 2.21. The molecule has 1 aliphatic rings. The van der Waals surface area contributed by atoms with Crippen LogP contribution in [0.1, 0.15) is 23.0 Å². The first-order chi connectivity index (χ1) is 11.1. The number of methoxy groups -OCH3 is 2. The van der Waals surface area contributed by atoms with Crippen LogP contribution in [0.3, 0.4) is 0 Å². The third kappa shape index (κ3) is 3.18. The number of nitrogens with zero attached hydrogens (tertiary/aromatic N) is 1. The summed E-state index contributed by atoms with van der Waals surface area (Å²) in [6.07, 6.45) is 0. The second-order valence-corrected chi connectivity index (χ2v) is 5.86. The van der Waals surface area contributed by atoms with Gasteiger partial charge in [-0.15, -0.1) is 0 Å². The van der Waals surface area contributed by atoms with E-state index in [1.807, 2.05) is 12.1 Å². The van der Waals surface area contributed by atoms with Crippen molar-refractivity contribution in [1.82, 2.24) is 10.2 Å². The minimum atomic E-state index is -0.481. The normalized spacial score (nSPS) is 19.0. The second kappa shape index (κ2) is 6.60. The van der Waals surface area contributed by atoms with Crippen LogP contribution in [-0.4, -0.2) is 50.8 Å². The molecule has 1 N–H and O–H groups in total. The molecule has 2 aromatic rings. The zero-order valence-electron chi connectivity index (χ0n) is 13.7. The predicted octanol–water partition coefficient (Wildman–Crippen LogP) is 2.02. The standard InChI is InChI=1S/C17H22N2O4/c1-11-9-19(7-6-18-11)10-12-4-5-14(21-2)16-13(12)8-15(23-16)17(20)22-3/h4-5,8,11,18H,6-7,9-10H2,1-3H3. The Morgan fingerprint density at radius 3 is 2.96 bits per heavy atom. The van der Waals surface area contributed by atoms with E-state index < -0.39 is 5.97 Å². The van der Waals surface area contributed by atoms with Gasteiger partial charge in [0.05, 0.1) is 14.2 Å². The summed E-state index contributed by atoms with van der Waals surface area (Å²) in [6, 6.07) is 6.13. The Bertz CT molecular complexity index is 710. The highest BCUT2D eigenvalue weighted by molar-refractivity contribution is 5.95. The second-order valence-electron chi connectivity index (χ2n) is 5.86. The lowest BCUT2D eigenvalue weighted by molar-refractivity contribution is 0.0567. The highest BCUT2D eigenvalue weighted by Crippen LogP contribution is 2.32. The predicted molar refractivity (Wildman–Crippen MR) is 86.8 cm³/mol. The molecular weight excluding hydrogens is 296 g/mol. The molecule has 0 saturated carbocycles. The van der Waals surface area contributed by atoms with Gasteiger partial charge in [0, 0.05) is 37.6 Å². The number of benzene rings is 1. The Morgan fingerprint density at radius 2 is 2.26 bits per heavy atom. The summed E-state index contributed by atoms with van der Waals surface area (Å²) >= 11 is 0. The first-order valence-electron chi connectivity index (χ1n) is 7.76. The summed E-state index contributed by atoms with van der Waals surface area (Å²) in [6.45, 7) is 5.98. The van der Waals surface area contributed by atoms with Gasteiger partial charge >= 0.3 is 5.97 Å². The molecule has 1 aromatic heterocycles. The average molecular weight is 318 g/mol. The van der Waals surface area contributed by atoms with Crippen LogP contribution in [0.4, 0.5) is 0 Å². The van der Waals surface area contributed by atoms with Crippen molar-refractivity contribution in [2.45, 2.75) is 19.5 Å². The van der Waals surface area contributed by atoms with E-state index in [2.05, 4.69) is 17.1 Å². The van der Waals surface area contributed by atoms with Crippen molar-refractivity contribution in [2.75, 3.05) is 33.9 Å². The summed E-state index contributed by atoms with van der Waals surface area (Å²) in [4.78, 5) is 14.1. The van der Waals surface area contributed by atoms with E-state index in [4.69, 9.17) is 13.9 Å². The van der Waals surface area contributed by atoms with E-state index in [0.29, 0.717) is 17.4 Å². The van der Waals surface area contributed by atoms with Gasteiger partial charge in [0.25, 0.3) is 0 Å². The molecule has 0 radical (unpaired) electrons. The van der Waals surface area contributed by atoms with Gasteiger partial charge in [-0.2, -0.15) is 0 Å². The van der Waals surface area contributed by atoms with Gasteiger partial charge in [-0.1, -0.05) is 6.07 Å². The Balaban J connectivity index is 1.96. The zero-order valence-corrected chi connectivity index (χ0v) is 13.7. The lowest BCUT2D eigenvalue weighted by Gasteiger charge is -2.31. The molecule has 1 atom stereocenters. The van der Waals surface area contributed by atoms with Gasteiger partial charge in [-0.25, -0.2) is 4.79 Å². The van der Waals surface area contributed by atoms with E-state index in [1.54, 1.807) is 13.2 Å². The number of fused-ring (bicyclic) bond motifs is 1. The van der Waals surface area contributed by atoms with Crippen LogP contribution in [0.25, 0.3) is 11.0 Å². The number of hydrogen-bond donors (Lipinski definition) is 1. The van der Waals surface area contributed by atoms with E-state index in [9.17, 15) is 4.79 Å². The van der Waals surface area contributed by atoms with Gasteiger partial charge in [-0.3, -0.25) is 4.90 Å². The quantitative estimate of drug-likeness (QED) is 0.870. The third-order valence-corrected chi connectivity index (χ3v) is 4.19. The van der Waals surface area contributed by atoms with Gasteiger partial charge in [0.2, 0.25) is 5.76 Å². The number of hydrogen-bond acceptors (Lipinski definition) is 6. The van der Waals surface area contributed by atoms with Crippen molar-refractivity contribution in [3.63, 3.8) is 0 Å². The van der Waals surface area contributed by atoms with Crippen LogP contribution in [0, 0.1) is 0 Å². The molecule has 2 heterocycles. The van der Waals surface area contributed by atoms with Crippen LogP contribution in [0.5, 0.6) is 5.75 Å². The van der Waals surface area contributed by atoms with Crippen molar-refractivity contribution in [3.05, 3.63) is 29.5 Å². The van der Waals surface area contributed by atoms with Crippen molar-refractivity contribution >= 4 is 16.9 Å². The van der Waals surface area contributed by atoms with Gasteiger partial charge < -0.3 is 19.2 Å². The highest BCUT2D eigenvalue weighted by atomic mass is 16.5. The maximum atomic E-state index is 11.8. The molecule has 3 rings (SSSR count). The Hall–Kier alpha value is -2.05. The molecule has 1 aliphatic heterocycles. The van der Waals surface area contributed by atoms with E-state index >= 15 is 0 Å². The van der Waals surface area contributed by atoms with Crippen LogP contribution in [0.2, 0.25) is 0 Å². The number of piperazine rings is 1. The molecule has 1 unspecified atom stereocenters. The van der Waals surface area contributed by atoms with Crippen molar-refractivity contribution in [3.8, 4) is 5.75 Å². The van der Waals surface area contributed by atoms with Gasteiger partial charge in [0.1, 0.15) is 0 Å². The fourth-order valence-corrected chi connectivity index (χ4v) is 3.05. The molecule has 23 heavy (non-hydrogen) atoms. The van der Waals surface area contributed by atoms with Crippen LogP contribution in [0.15, 0.2) is 22.6 Å². The SMILES string of the molecule is COC(=O)c1cc2c(CN3CCNC(C)C3)ccc(OC)c2o1. The Morgan fingerprint density at radius 1 is 1.43 bits per heavy atom. The zero-order chi connectivity index (χ0) is 16.4. The molecule has 1 saturated heterocycles. The van der Waals surface area contributed by atoms with E-state index in [0.717, 1.165) is 37.1 Å². The first-order valence-corrected chi connectivity index (χ1v) is 7.76. The number of furan rings is 1. The van der Waals surface area contributed by atoms with Crippen LogP contribution >= 0.6 is 0 Å². The summed E-state index contributed by atoms with van der Waals surface area (Å²) in [7, 11) is 2.93. The largest absolute Gasteiger partial charge is 0.493 e. The molecular formula is C17H22N2O4.